The Hall–Kier alpha value is -2.49. The van der Waals surface area contributed by atoms with Crippen LogP contribution in [-0.2, 0) is 14.8 Å². The zero-order chi connectivity index (χ0) is 22.8. The third kappa shape index (κ3) is 5.41. The molecule has 0 bridgehead atoms. The summed E-state index contributed by atoms with van der Waals surface area (Å²) in [6.45, 7) is 5.52. The van der Waals surface area contributed by atoms with E-state index in [0.717, 1.165) is 21.7 Å². The van der Waals surface area contributed by atoms with Gasteiger partial charge in [-0.15, -0.1) is 10.2 Å². The van der Waals surface area contributed by atoms with Crippen molar-refractivity contribution in [1.29, 1.82) is 0 Å². The molecule has 1 amide bonds. The number of benzene rings is 2. The number of anilines is 2. The maximum absolute atomic E-state index is 13.1. The molecule has 0 aliphatic heterocycles. The van der Waals surface area contributed by atoms with Crippen LogP contribution in [0.15, 0.2) is 42.5 Å². The normalized spacial score (nSPS) is 12.4. The molecular weight excluding hydrogens is 456 g/mol. The summed E-state index contributed by atoms with van der Waals surface area (Å²) in [5.74, 6) is -0.487. The molecule has 7 nitrogen and oxygen atoms in total. The van der Waals surface area contributed by atoms with Gasteiger partial charge in [0.25, 0.3) is 0 Å². The molecule has 2 aromatic carbocycles. The van der Waals surface area contributed by atoms with Crippen LogP contribution in [0.4, 0.5) is 10.8 Å². The van der Waals surface area contributed by atoms with Gasteiger partial charge in [-0.2, -0.15) is 0 Å². The summed E-state index contributed by atoms with van der Waals surface area (Å²) >= 11 is 7.33. The van der Waals surface area contributed by atoms with Gasteiger partial charge >= 0.3 is 0 Å². The molecule has 0 aliphatic rings. The van der Waals surface area contributed by atoms with E-state index in [4.69, 9.17) is 11.6 Å². The average molecular weight is 479 g/mol. The van der Waals surface area contributed by atoms with Crippen LogP contribution in [-0.4, -0.2) is 36.8 Å². The predicted molar refractivity (Wildman–Crippen MR) is 126 cm³/mol. The van der Waals surface area contributed by atoms with Crippen LogP contribution in [0.2, 0.25) is 5.02 Å². The SMILES string of the molecule is CC[C@@H](C(=O)Nc1nnc(-c2ccc(C)cc2)s1)N(c1cc(Cl)ccc1C)S(C)(=O)=O. The summed E-state index contributed by atoms with van der Waals surface area (Å²) in [7, 11) is -3.77. The smallest absolute Gasteiger partial charge is 0.250 e. The van der Waals surface area contributed by atoms with Gasteiger partial charge in [0.1, 0.15) is 11.0 Å². The highest BCUT2D eigenvalue weighted by Gasteiger charge is 2.33. The van der Waals surface area contributed by atoms with E-state index in [9.17, 15) is 13.2 Å². The lowest BCUT2D eigenvalue weighted by atomic mass is 10.1. The van der Waals surface area contributed by atoms with Gasteiger partial charge in [-0.25, -0.2) is 8.42 Å². The van der Waals surface area contributed by atoms with E-state index >= 15 is 0 Å². The Morgan fingerprint density at radius 1 is 1.16 bits per heavy atom. The number of hydrogen-bond donors (Lipinski definition) is 1. The summed E-state index contributed by atoms with van der Waals surface area (Å²) in [4.78, 5) is 13.1. The number of carbonyl (C=O) groups excluding carboxylic acids is 1. The molecule has 1 atom stereocenters. The predicted octanol–water partition coefficient (Wildman–Crippen LogP) is 4.66. The molecule has 0 saturated carbocycles. The Bertz CT molecular complexity index is 1190. The monoisotopic (exact) mass is 478 g/mol. The highest BCUT2D eigenvalue weighted by atomic mass is 35.5. The van der Waals surface area contributed by atoms with E-state index in [-0.39, 0.29) is 6.42 Å². The van der Waals surface area contributed by atoms with E-state index in [1.807, 2.05) is 31.2 Å². The minimum absolute atomic E-state index is 0.258. The van der Waals surface area contributed by atoms with Gasteiger partial charge in [0.05, 0.1) is 11.9 Å². The zero-order valence-electron chi connectivity index (χ0n) is 17.6. The second-order valence-corrected chi connectivity index (χ2v) is 10.5. The lowest BCUT2D eigenvalue weighted by molar-refractivity contribution is -0.117. The number of nitrogens with one attached hydrogen (secondary N) is 1. The third-order valence-electron chi connectivity index (χ3n) is 4.69. The molecule has 1 aromatic heterocycles. The van der Waals surface area contributed by atoms with Crippen molar-refractivity contribution in [2.75, 3.05) is 15.9 Å². The van der Waals surface area contributed by atoms with Crippen LogP contribution < -0.4 is 9.62 Å². The molecule has 10 heteroatoms. The molecule has 3 rings (SSSR count). The third-order valence-corrected chi connectivity index (χ3v) is 6.98. The van der Waals surface area contributed by atoms with Gasteiger partial charge in [-0.1, -0.05) is 65.8 Å². The topological polar surface area (TPSA) is 92.3 Å². The lowest BCUT2D eigenvalue weighted by Crippen LogP contribution is -2.47. The standard InChI is InChI=1S/C21H23ClN4O3S2/c1-5-17(26(31(4,28)29)18-12-16(22)11-8-14(18)3)19(27)23-21-25-24-20(30-21)15-9-6-13(2)7-10-15/h6-12,17H,5H2,1-4H3,(H,23,25,27)/t17-/m0/s1. The largest absolute Gasteiger partial charge is 0.299 e. The highest BCUT2D eigenvalue weighted by molar-refractivity contribution is 7.92. The van der Waals surface area contributed by atoms with Crippen LogP contribution in [0.3, 0.4) is 0 Å². The van der Waals surface area contributed by atoms with E-state index < -0.39 is 22.0 Å². The second-order valence-electron chi connectivity index (χ2n) is 7.18. The molecule has 164 valence electrons. The molecule has 0 radical (unpaired) electrons. The summed E-state index contributed by atoms with van der Waals surface area (Å²) in [6, 6.07) is 11.8. The first-order valence-electron chi connectivity index (χ1n) is 9.57. The number of amides is 1. The fraction of sp³-hybridized carbons (Fsp3) is 0.286. The van der Waals surface area contributed by atoms with Gasteiger partial charge in [0.2, 0.25) is 21.1 Å². The van der Waals surface area contributed by atoms with Gasteiger partial charge in [-0.3, -0.25) is 14.4 Å². The summed E-state index contributed by atoms with van der Waals surface area (Å²) < 4.78 is 26.4. The summed E-state index contributed by atoms with van der Waals surface area (Å²) in [6.07, 6.45) is 1.33. The molecule has 3 aromatic rings. The van der Waals surface area contributed by atoms with Gasteiger partial charge in [-0.05, 0) is 38.0 Å². The van der Waals surface area contributed by atoms with Gasteiger partial charge in [0.15, 0.2) is 0 Å². The maximum atomic E-state index is 13.1. The van der Waals surface area contributed by atoms with Crippen molar-refractivity contribution in [1.82, 2.24) is 10.2 Å². The molecular formula is C21H23ClN4O3S2. The Morgan fingerprint density at radius 3 is 2.45 bits per heavy atom. The second kappa shape index (κ2) is 9.33. The molecule has 0 aliphatic carbocycles. The first kappa shape index (κ1) is 23.2. The highest BCUT2D eigenvalue weighted by Crippen LogP contribution is 2.31. The fourth-order valence-electron chi connectivity index (χ4n) is 3.13. The van der Waals surface area contributed by atoms with Crippen molar-refractivity contribution in [3.8, 4) is 10.6 Å². The molecule has 0 saturated heterocycles. The van der Waals surface area contributed by atoms with E-state index in [1.165, 1.54) is 11.3 Å². The number of aromatic nitrogens is 2. The molecule has 0 fully saturated rings. The van der Waals surface area contributed by atoms with Gasteiger partial charge < -0.3 is 0 Å². The Labute approximate surface area is 191 Å². The molecule has 1 N–H and O–H groups in total. The van der Waals surface area contributed by atoms with Crippen LogP contribution in [0.25, 0.3) is 10.6 Å². The molecule has 0 unspecified atom stereocenters. The van der Waals surface area contributed by atoms with E-state index in [1.54, 1.807) is 32.0 Å². The summed E-state index contributed by atoms with van der Waals surface area (Å²) in [5, 5.41) is 12.2. The number of nitrogens with zero attached hydrogens (tertiary/aromatic N) is 3. The number of aryl methyl sites for hydroxylation is 2. The first-order valence-corrected chi connectivity index (χ1v) is 12.6. The van der Waals surface area contributed by atoms with Crippen molar-refractivity contribution in [3.63, 3.8) is 0 Å². The fourth-order valence-corrected chi connectivity index (χ4v) is 5.31. The maximum Gasteiger partial charge on any atom is 0.250 e. The van der Waals surface area contributed by atoms with Crippen molar-refractivity contribution < 1.29 is 13.2 Å². The van der Waals surface area contributed by atoms with Crippen molar-refractivity contribution in [3.05, 3.63) is 58.6 Å². The van der Waals surface area contributed by atoms with Crippen molar-refractivity contribution >= 4 is 49.7 Å². The lowest BCUT2D eigenvalue weighted by Gasteiger charge is -2.31. The van der Waals surface area contributed by atoms with Crippen LogP contribution in [0.5, 0.6) is 0 Å². The van der Waals surface area contributed by atoms with Crippen LogP contribution >= 0.6 is 22.9 Å². The molecule has 0 spiro atoms. The van der Waals surface area contributed by atoms with Crippen LogP contribution in [0.1, 0.15) is 24.5 Å². The van der Waals surface area contributed by atoms with E-state index in [2.05, 4.69) is 15.5 Å². The number of sulfonamides is 1. The van der Waals surface area contributed by atoms with Gasteiger partial charge in [0, 0.05) is 10.6 Å². The number of halogens is 1. The quantitative estimate of drug-likeness (QED) is 0.533. The number of rotatable bonds is 7. The van der Waals surface area contributed by atoms with Crippen molar-refractivity contribution in [2.24, 2.45) is 0 Å². The average Bonchev–Trinajstić information content (AvgIpc) is 3.16. The Balaban J connectivity index is 1.89. The number of hydrogen-bond acceptors (Lipinski definition) is 6. The van der Waals surface area contributed by atoms with Crippen molar-refractivity contribution in [2.45, 2.75) is 33.2 Å². The Kier molecular flexibility index (Phi) is 6.98. The zero-order valence-corrected chi connectivity index (χ0v) is 20.0. The van der Waals surface area contributed by atoms with E-state index in [0.29, 0.717) is 26.4 Å². The molecule has 1 heterocycles. The number of carbonyl (C=O) groups is 1. The minimum atomic E-state index is -3.77. The first-order chi connectivity index (χ1) is 14.6. The minimum Gasteiger partial charge on any atom is -0.299 e. The summed E-state index contributed by atoms with van der Waals surface area (Å²) in [5.41, 5.74) is 3.08. The molecule has 31 heavy (non-hydrogen) atoms. The Morgan fingerprint density at radius 2 is 1.84 bits per heavy atom. The van der Waals surface area contributed by atoms with Crippen LogP contribution in [0, 0.1) is 13.8 Å².